The van der Waals surface area contributed by atoms with Gasteiger partial charge in [0.2, 0.25) is 0 Å². The zero-order valence-electron chi connectivity index (χ0n) is 12.2. The van der Waals surface area contributed by atoms with Gasteiger partial charge in [-0.25, -0.2) is 4.79 Å². The number of methoxy groups -OCH3 is 1. The smallest absolute Gasteiger partial charge is 0.336 e. The fourth-order valence-corrected chi connectivity index (χ4v) is 1.97. The van der Waals surface area contributed by atoms with Crippen molar-refractivity contribution in [3.8, 4) is 16.9 Å². The summed E-state index contributed by atoms with van der Waals surface area (Å²) in [5.74, 6) is -0.169. The number of rotatable bonds is 3. The van der Waals surface area contributed by atoms with Crippen LogP contribution in [0.5, 0.6) is 5.75 Å². The first-order chi connectivity index (χ1) is 10.7. The molecule has 0 radical (unpaired) electrons. The van der Waals surface area contributed by atoms with E-state index in [-0.39, 0.29) is 0 Å². The molecule has 1 aromatic heterocycles. The van der Waals surface area contributed by atoms with Crippen molar-refractivity contribution >= 4 is 5.97 Å². The Morgan fingerprint density at radius 2 is 1.59 bits per heavy atom. The summed E-state index contributed by atoms with van der Waals surface area (Å²) < 4.78 is 5.07. The van der Waals surface area contributed by atoms with Crippen LogP contribution in [0.3, 0.4) is 0 Å². The minimum Gasteiger partial charge on any atom is -0.497 e. The highest BCUT2D eigenvalue weighted by Crippen LogP contribution is 2.25. The van der Waals surface area contributed by atoms with Crippen molar-refractivity contribution in [2.45, 2.75) is 0 Å². The largest absolute Gasteiger partial charge is 0.497 e. The lowest BCUT2D eigenvalue weighted by Gasteiger charge is -2.06. The summed E-state index contributed by atoms with van der Waals surface area (Å²) in [4.78, 5) is 14.0. The number of nitrogens with one attached hydrogen (secondary N) is 1. The number of hydrogen-bond donors (Lipinski definition) is 2. The van der Waals surface area contributed by atoms with Crippen LogP contribution in [0.2, 0.25) is 0 Å². The first-order valence-electron chi connectivity index (χ1n) is 6.77. The average molecular weight is 295 g/mol. The van der Waals surface area contributed by atoms with E-state index in [1.165, 1.54) is 0 Å². The standard InChI is InChI=1S/C14H12O3.C4H5N/c1-17-11-8-6-10(7-9-11)12-4-2-3-5-13(12)14(15)16;1-2-4-5-3-1/h2-9H,1H3,(H,15,16);1-5H. The van der Waals surface area contributed by atoms with Gasteiger partial charge in [0, 0.05) is 12.4 Å². The second-order valence-electron chi connectivity index (χ2n) is 4.46. The number of hydrogen-bond acceptors (Lipinski definition) is 2. The molecule has 112 valence electrons. The number of carboxylic acid groups (broad SMARTS) is 1. The van der Waals surface area contributed by atoms with Crippen LogP contribution in [0.1, 0.15) is 10.4 Å². The van der Waals surface area contributed by atoms with Gasteiger partial charge >= 0.3 is 5.97 Å². The second kappa shape index (κ2) is 7.69. The van der Waals surface area contributed by atoms with Gasteiger partial charge in [0.15, 0.2) is 0 Å². The van der Waals surface area contributed by atoms with Gasteiger partial charge in [0.05, 0.1) is 12.7 Å². The van der Waals surface area contributed by atoms with Crippen molar-refractivity contribution in [3.63, 3.8) is 0 Å². The van der Waals surface area contributed by atoms with Crippen LogP contribution in [-0.4, -0.2) is 23.2 Å². The third kappa shape index (κ3) is 3.99. The predicted molar refractivity (Wildman–Crippen MR) is 86.2 cm³/mol. The molecular formula is C18H17NO3. The van der Waals surface area contributed by atoms with Gasteiger partial charge in [-0.1, -0.05) is 30.3 Å². The molecule has 0 fully saturated rings. The molecule has 2 N–H and O–H groups in total. The molecule has 2 aromatic carbocycles. The zero-order chi connectivity index (χ0) is 15.8. The summed E-state index contributed by atoms with van der Waals surface area (Å²) >= 11 is 0. The van der Waals surface area contributed by atoms with Crippen LogP contribution in [-0.2, 0) is 0 Å². The van der Waals surface area contributed by atoms with E-state index in [2.05, 4.69) is 4.98 Å². The lowest BCUT2D eigenvalue weighted by atomic mass is 10.00. The molecule has 4 nitrogen and oxygen atoms in total. The fourth-order valence-electron chi connectivity index (χ4n) is 1.97. The Hall–Kier alpha value is -3.01. The molecule has 0 amide bonds. The Labute approximate surface area is 129 Å². The molecule has 3 aromatic rings. The monoisotopic (exact) mass is 295 g/mol. The number of aromatic amines is 1. The molecule has 1 heterocycles. The van der Waals surface area contributed by atoms with E-state index >= 15 is 0 Å². The normalized spacial score (nSPS) is 9.50. The van der Waals surface area contributed by atoms with Gasteiger partial charge < -0.3 is 14.8 Å². The van der Waals surface area contributed by atoms with Crippen LogP contribution in [0.4, 0.5) is 0 Å². The number of carbonyl (C=O) groups is 1. The Morgan fingerprint density at radius 1 is 0.955 bits per heavy atom. The van der Waals surface area contributed by atoms with Gasteiger partial charge in [-0.05, 0) is 41.5 Å². The van der Waals surface area contributed by atoms with Crippen molar-refractivity contribution in [1.29, 1.82) is 0 Å². The van der Waals surface area contributed by atoms with Crippen LogP contribution in [0.15, 0.2) is 73.1 Å². The quantitative estimate of drug-likeness (QED) is 0.765. The number of carboxylic acids is 1. The summed E-state index contributed by atoms with van der Waals surface area (Å²) in [5.41, 5.74) is 1.88. The van der Waals surface area contributed by atoms with E-state index in [0.29, 0.717) is 11.1 Å². The highest BCUT2D eigenvalue weighted by Gasteiger charge is 2.10. The van der Waals surface area contributed by atoms with Gasteiger partial charge in [-0.15, -0.1) is 0 Å². The van der Waals surface area contributed by atoms with E-state index in [1.54, 1.807) is 25.3 Å². The van der Waals surface area contributed by atoms with E-state index < -0.39 is 5.97 Å². The van der Waals surface area contributed by atoms with Gasteiger partial charge in [0.25, 0.3) is 0 Å². The Balaban J connectivity index is 0.000000299. The molecular weight excluding hydrogens is 278 g/mol. The minimum atomic E-state index is -0.920. The van der Waals surface area contributed by atoms with Gasteiger partial charge in [-0.3, -0.25) is 0 Å². The second-order valence-corrected chi connectivity index (χ2v) is 4.46. The van der Waals surface area contributed by atoms with E-state index in [4.69, 9.17) is 9.84 Å². The molecule has 0 aliphatic carbocycles. The topological polar surface area (TPSA) is 62.3 Å². The van der Waals surface area contributed by atoms with Crippen molar-refractivity contribution < 1.29 is 14.6 Å². The molecule has 0 saturated heterocycles. The molecule has 0 atom stereocenters. The predicted octanol–water partition coefficient (Wildman–Crippen LogP) is 4.08. The van der Waals surface area contributed by atoms with Crippen molar-refractivity contribution in [2.24, 2.45) is 0 Å². The van der Waals surface area contributed by atoms with Gasteiger partial charge in [0.1, 0.15) is 5.75 Å². The van der Waals surface area contributed by atoms with E-state index in [0.717, 1.165) is 11.3 Å². The maximum absolute atomic E-state index is 11.1. The van der Waals surface area contributed by atoms with Crippen LogP contribution in [0, 0.1) is 0 Å². The summed E-state index contributed by atoms with van der Waals surface area (Å²) in [6.07, 6.45) is 3.75. The van der Waals surface area contributed by atoms with Crippen molar-refractivity contribution in [1.82, 2.24) is 4.98 Å². The third-order valence-electron chi connectivity index (χ3n) is 3.05. The van der Waals surface area contributed by atoms with E-state index in [9.17, 15) is 4.79 Å². The molecule has 0 aliphatic heterocycles. The molecule has 0 unspecified atom stereocenters. The molecule has 0 bridgehead atoms. The zero-order valence-corrected chi connectivity index (χ0v) is 12.2. The number of ether oxygens (including phenoxy) is 1. The molecule has 0 saturated carbocycles. The molecule has 22 heavy (non-hydrogen) atoms. The molecule has 4 heteroatoms. The Bertz CT molecular complexity index is 686. The number of benzene rings is 2. The summed E-state index contributed by atoms with van der Waals surface area (Å²) in [7, 11) is 1.60. The highest BCUT2D eigenvalue weighted by atomic mass is 16.5. The van der Waals surface area contributed by atoms with E-state index in [1.807, 2.05) is 54.9 Å². The van der Waals surface area contributed by atoms with Crippen LogP contribution in [0.25, 0.3) is 11.1 Å². The fraction of sp³-hybridized carbons (Fsp3) is 0.0556. The minimum absolute atomic E-state index is 0.303. The summed E-state index contributed by atoms with van der Waals surface area (Å²) in [6.45, 7) is 0. The number of H-pyrrole nitrogens is 1. The summed E-state index contributed by atoms with van der Waals surface area (Å²) in [6, 6.07) is 18.2. The first kappa shape index (κ1) is 15.4. The lowest BCUT2D eigenvalue weighted by molar-refractivity contribution is 0.0697. The average Bonchev–Trinajstić information content (AvgIpc) is 3.15. The van der Waals surface area contributed by atoms with Crippen LogP contribution >= 0.6 is 0 Å². The van der Waals surface area contributed by atoms with Crippen molar-refractivity contribution in [2.75, 3.05) is 7.11 Å². The molecule has 0 spiro atoms. The third-order valence-corrected chi connectivity index (χ3v) is 3.05. The lowest BCUT2D eigenvalue weighted by Crippen LogP contribution is -1.98. The molecule has 3 rings (SSSR count). The maximum atomic E-state index is 11.1. The Kier molecular flexibility index (Phi) is 5.37. The van der Waals surface area contributed by atoms with Gasteiger partial charge in [-0.2, -0.15) is 0 Å². The number of aromatic nitrogens is 1. The number of aromatic carboxylic acids is 1. The summed E-state index contributed by atoms with van der Waals surface area (Å²) in [5, 5.41) is 9.10. The first-order valence-corrected chi connectivity index (χ1v) is 6.77. The van der Waals surface area contributed by atoms with Crippen molar-refractivity contribution in [3.05, 3.63) is 78.6 Å². The SMILES string of the molecule is COc1ccc(-c2ccccc2C(=O)O)cc1.c1cc[nH]c1. The maximum Gasteiger partial charge on any atom is 0.336 e. The molecule has 0 aliphatic rings. The highest BCUT2D eigenvalue weighted by molar-refractivity contribution is 5.96. The van der Waals surface area contributed by atoms with Crippen LogP contribution < -0.4 is 4.74 Å². The Morgan fingerprint density at radius 3 is 2.09 bits per heavy atom.